The van der Waals surface area contributed by atoms with Crippen LogP contribution in [0.4, 0.5) is 4.79 Å². The number of hydrogen-bond donors (Lipinski definition) is 0. The number of piperidine rings is 1. The van der Waals surface area contributed by atoms with Gasteiger partial charge in [-0.2, -0.15) is 0 Å². The number of para-hydroxylation sites is 2. The zero-order valence-corrected chi connectivity index (χ0v) is 22.4. The largest absolute Gasteiger partial charge is 0.490 e. The number of benzene rings is 3. The molecule has 3 aliphatic rings. The molecular weight excluding hydrogens is 490 g/mol. The van der Waals surface area contributed by atoms with E-state index in [0.29, 0.717) is 50.6 Å². The van der Waals surface area contributed by atoms with Gasteiger partial charge in [-0.05, 0) is 67.0 Å². The summed E-state index contributed by atoms with van der Waals surface area (Å²) in [6, 6.07) is 24.4. The number of carbonyl (C=O) groups is 2. The van der Waals surface area contributed by atoms with Crippen molar-refractivity contribution < 1.29 is 23.8 Å². The molecule has 0 spiro atoms. The van der Waals surface area contributed by atoms with Crippen molar-refractivity contribution in [2.75, 3.05) is 19.8 Å². The molecular formula is C33H35NO5. The molecule has 6 rings (SSSR count). The third-order valence-electron chi connectivity index (χ3n) is 8.49. The van der Waals surface area contributed by atoms with Gasteiger partial charge in [0.05, 0.1) is 13.2 Å². The monoisotopic (exact) mass is 525 g/mol. The maximum absolute atomic E-state index is 13.3. The van der Waals surface area contributed by atoms with E-state index in [9.17, 15) is 9.59 Å². The van der Waals surface area contributed by atoms with Gasteiger partial charge in [-0.3, -0.25) is 4.79 Å². The molecule has 0 saturated carbocycles. The van der Waals surface area contributed by atoms with Crippen LogP contribution in [-0.2, 0) is 9.53 Å². The van der Waals surface area contributed by atoms with E-state index >= 15 is 0 Å². The average molecular weight is 526 g/mol. The van der Waals surface area contributed by atoms with Gasteiger partial charge < -0.3 is 19.1 Å². The summed E-state index contributed by atoms with van der Waals surface area (Å²) in [7, 11) is 0. The van der Waals surface area contributed by atoms with Crippen LogP contribution < -0.4 is 9.47 Å². The number of fused-ring (bicyclic) bond motifs is 5. The van der Waals surface area contributed by atoms with Gasteiger partial charge >= 0.3 is 6.09 Å². The predicted octanol–water partition coefficient (Wildman–Crippen LogP) is 6.62. The van der Waals surface area contributed by atoms with Gasteiger partial charge in [-0.1, -0.05) is 60.7 Å². The van der Waals surface area contributed by atoms with E-state index in [2.05, 4.69) is 36.4 Å². The van der Waals surface area contributed by atoms with E-state index in [0.717, 1.165) is 12.8 Å². The first kappa shape index (κ1) is 25.5. The smallest absolute Gasteiger partial charge is 0.410 e. The zero-order valence-electron chi connectivity index (χ0n) is 22.4. The minimum atomic E-state index is -0.244. The standard InChI is InChI=1S/C33H35NO5/c1-2-37-31-13-7-8-14-32(31)38-18-17-30(35)22-19-23-15-16-24(20-22)34(23)33(36)39-21-29-27-11-5-3-9-25(27)26-10-4-6-12-28(26)29/h3-14,22-24,29H,2,15-21H2,1H3. The SMILES string of the molecule is CCOc1ccccc1OCCC(=O)C1CC2CCC(C1)N2C(=O)OCC1c2ccccc2-c2ccccc21. The number of amides is 1. The lowest BCUT2D eigenvalue weighted by Gasteiger charge is -2.37. The Morgan fingerprint density at radius 1 is 0.795 bits per heavy atom. The van der Waals surface area contributed by atoms with Gasteiger partial charge in [-0.25, -0.2) is 4.79 Å². The van der Waals surface area contributed by atoms with Crippen LogP contribution in [0.3, 0.4) is 0 Å². The Balaban J connectivity index is 1.03. The lowest BCUT2D eigenvalue weighted by Crippen LogP contribution is -2.48. The molecule has 6 nitrogen and oxygen atoms in total. The Kier molecular flexibility index (Phi) is 7.27. The molecule has 0 aromatic heterocycles. The summed E-state index contributed by atoms with van der Waals surface area (Å²) in [5, 5.41) is 0. The molecule has 3 aromatic rings. The number of hydrogen-bond acceptors (Lipinski definition) is 5. The number of Topliss-reactive ketones (excluding diaryl/α,β-unsaturated/α-hetero) is 1. The molecule has 0 N–H and O–H groups in total. The fourth-order valence-electron chi connectivity index (χ4n) is 6.72. The molecule has 0 radical (unpaired) electrons. The molecule has 1 amide bonds. The topological polar surface area (TPSA) is 65.1 Å². The van der Waals surface area contributed by atoms with Crippen molar-refractivity contribution in [2.24, 2.45) is 5.92 Å². The van der Waals surface area contributed by atoms with Gasteiger partial charge in [0.25, 0.3) is 0 Å². The van der Waals surface area contributed by atoms with E-state index in [1.54, 1.807) is 0 Å². The zero-order chi connectivity index (χ0) is 26.8. The maximum Gasteiger partial charge on any atom is 0.410 e. The number of ether oxygens (including phenoxy) is 3. The number of carbonyl (C=O) groups excluding carboxylic acids is 2. The van der Waals surface area contributed by atoms with Crippen molar-refractivity contribution >= 4 is 11.9 Å². The van der Waals surface area contributed by atoms with E-state index < -0.39 is 0 Å². The van der Waals surface area contributed by atoms with Gasteiger partial charge in [0.1, 0.15) is 12.4 Å². The normalized spacial score (nSPS) is 21.3. The summed E-state index contributed by atoms with van der Waals surface area (Å²) in [6.07, 6.45) is 3.37. The average Bonchev–Trinajstić information content (AvgIpc) is 3.43. The van der Waals surface area contributed by atoms with Crippen LogP contribution in [0.25, 0.3) is 11.1 Å². The minimum absolute atomic E-state index is 0.0362. The third-order valence-corrected chi connectivity index (χ3v) is 8.49. The van der Waals surface area contributed by atoms with Crippen LogP contribution in [0.15, 0.2) is 72.8 Å². The van der Waals surface area contributed by atoms with Crippen LogP contribution in [-0.4, -0.2) is 48.7 Å². The molecule has 6 heteroatoms. The fraction of sp³-hybridized carbons (Fsp3) is 0.394. The number of nitrogens with zero attached hydrogens (tertiary/aromatic N) is 1. The second-order valence-electron chi connectivity index (χ2n) is 10.7. The van der Waals surface area contributed by atoms with E-state index in [4.69, 9.17) is 14.2 Å². The van der Waals surface area contributed by atoms with Crippen molar-refractivity contribution in [1.82, 2.24) is 4.90 Å². The molecule has 1 aliphatic carbocycles. The quantitative estimate of drug-likeness (QED) is 0.314. The molecule has 2 heterocycles. The molecule has 2 aliphatic heterocycles. The first-order chi connectivity index (χ1) is 19.1. The second kappa shape index (κ2) is 11.1. The first-order valence-electron chi connectivity index (χ1n) is 14.1. The lowest BCUT2D eigenvalue weighted by atomic mass is 9.86. The molecule has 39 heavy (non-hydrogen) atoms. The Hall–Kier alpha value is -3.80. The Labute approximate surface area is 229 Å². The Bertz CT molecular complexity index is 1290. The van der Waals surface area contributed by atoms with Gasteiger partial charge in [-0.15, -0.1) is 0 Å². The first-order valence-corrected chi connectivity index (χ1v) is 14.1. The van der Waals surface area contributed by atoms with Gasteiger partial charge in [0.2, 0.25) is 0 Å². The predicted molar refractivity (Wildman–Crippen MR) is 149 cm³/mol. The minimum Gasteiger partial charge on any atom is -0.490 e. The highest BCUT2D eigenvalue weighted by Gasteiger charge is 2.46. The Morgan fingerprint density at radius 3 is 1.97 bits per heavy atom. The van der Waals surface area contributed by atoms with Crippen LogP contribution >= 0.6 is 0 Å². The summed E-state index contributed by atoms with van der Waals surface area (Å²) in [5.41, 5.74) is 4.87. The van der Waals surface area contributed by atoms with Crippen molar-refractivity contribution in [3.63, 3.8) is 0 Å². The van der Waals surface area contributed by atoms with Crippen molar-refractivity contribution in [1.29, 1.82) is 0 Å². The summed E-state index contributed by atoms with van der Waals surface area (Å²) >= 11 is 0. The molecule has 2 unspecified atom stereocenters. The summed E-state index contributed by atoms with van der Waals surface area (Å²) < 4.78 is 17.5. The number of ketones is 1. The summed E-state index contributed by atoms with van der Waals surface area (Å²) in [4.78, 5) is 28.3. The summed E-state index contributed by atoms with van der Waals surface area (Å²) in [5.74, 6) is 1.59. The van der Waals surface area contributed by atoms with Crippen LogP contribution in [0.5, 0.6) is 11.5 Å². The van der Waals surface area contributed by atoms with Crippen LogP contribution in [0, 0.1) is 5.92 Å². The van der Waals surface area contributed by atoms with E-state index in [-0.39, 0.29) is 35.8 Å². The van der Waals surface area contributed by atoms with E-state index in [1.807, 2.05) is 48.2 Å². The Morgan fingerprint density at radius 2 is 1.36 bits per heavy atom. The van der Waals surface area contributed by atoms with Crippen LogP contribution in [0.2, 0.25) is 0 Å². The molecule has 202 valence electrons. The molecule has 2 atom stereocenters. The van der Waals surface area contributed by atoms with Crippen molar-refractivity contribution in [3.05, 3.63) is 83.9 Å². The second-order valence-corrected chi connectivity index (χ2v) is 10.7. The maximum atomic E-state index is 13.3. The fourth-order valence-corrected chi connectivity index (χ4v) is 6.72. The molecule has 3 aromatic carbocycles. The molecule has 2 saturated heterocycles. The molecule has 2 fully saturated rings. The van der Waals surface area contributed by atoms with Crippen molar-refractivity contribution in [3.8, 4) is 22.6 Å². The van der Waals surface area contributed by atoms with Crippen LogP contribution in [0.1, 0.15) is 56.1 Å². The van der Waals surface area contributed by atoms with E-state index in [1.165, 1.54) is 22.3 Å². The lowest BCUT2D eigenvalue weighted by molar-refractivity contribution is -0.125. The van der Waals surface area contributed by atoms with Gasteiger partial charge in [0, 0.05) is 30.3 Å². The third kappa shape index (κ3) is 5.00. The highest BCUT2D eigenvalue weighted by atomic mass is 16.6. The highest BCUT2D eigenvalue weighted by molar-refractivity contribution is 5.82. The van der Waals surface area contributed by atoms with Crippen molar-refractivity contribution in [2.45, 2.75) is 57.0 Å². The molecule has 2 bridgehead atoms. The number of rotatable bonds is 9. The van der Waals surface area contributed by atoms with Gasteiger partial charge in [0.15, 0.2) is 11.5 Å². The summed E-state index contributed by atoms with van der Waals surface area (Å²) in [6.45, 7) is 3.14. The highest BCUT2D eigenvalue weighted by Crippen LogP contribution is 2.45.